The van der Waals surface area contributed by atoms with Crippen LogP contribution in [-0.4, -0.2) is 13.5 Å². The van der Waals surface area contributed by atoms with E-state index >= 15 is 0 Å². The van der Waals surface area contributed by atoms with E-state index in [9.17, 15) is 13.5 Å². The second-order valence-electron chi connectivity index (χ2n) is 4.43. The molecule has 0 aromatic heterocycles. The number of phenolic OH excluding ortho intramolecular Hbond substituents is 1. The third-order valence-electron chi connectivity index (χ3n) is 2.78. The highest BCUT2D eigenvalue weighted by Gasteiger charge is 2.16. The summed E-state index contributed by atoms with van der Waals surface area (Å²) in [5.41, 5.74) is 9.47. The zero-order chi connectivity index (χ0) is 16.3. The van der Waals surface area contributed by atoms with Crippen LogP contribution in [0, 0.1) is 6.92 Å². The van der Waals surface area contributed by atoms with Gasteiger partial charge in [-0.2, -0.15) is 0 Å². The van der Waals surface area contributed by atoms with Gasteiger partial charge in [0, 0.05) is 4.91 Å². The number of aromatic hydroxyl groups is 1. The molecule has 0 atom stereocenters. The van der Waals surface area contributed by atoms with Crippen molar-refractivity contribution in [3.8, 4) is 5.75 Å². The smallest absolute Gasteiger partial charge is 0.261 e. The maximum Gasteiger partial charge on any atom is 0.261 e. The van der Waals surface area contributed by atoms with Crippen molar-refractivity contribution in [1.29, 1.82) is 0 Å². The lowest BCUT2D eigenvalue weighted by atomic mass is 10.2. The summed E-state index contributed by atoms with van der Waals surface area (Å²) < 4.78 is 27.1. The summed E-state index contributed by atoms with van der Waals surface area (Å²) >= 11 is 3.07. The molecule has 2 rings (SSSR count). The van der Waals surface area contributed by atoms with E-state index in [0.29, 0.717) is 0 Å². The monoisotopic (exact) mass is 382 g/mol. The molecular weight excluding hydrogens is 372 g/mol. The van der Waals surface area contributed by atoms with Crippen LogP contribution in [0.2, 0.25) is 0 Å². The van der Waals surface area contributed by atoms with Crippen molar-refractivity contribution in [2.45, 2.75) is 11.8 Å². The molecule has 0 amide bonds. The Balaban J connectivity index is 2.41. The summed E-state index contributed by atoms with van der Waals surface area (Å²) in [6.07, 6.45) is 0. The fraction of sp³-hybridized carbons (Fsp3) is 0.0769. The molecule has 0 aliphatic rings. The molecule has 0 bridgehead atoms. The predicted molar refractivity (Wildman–Crippen MR) is 86.6 cm³/mol. The number of aryl methyl sites for hydroxylation is 1. The predicted octanol–water partition coefficient (Wildman–Crippen LogP) is 4.21. The molecule has 0 fully saturated rings. The fourth-order valence-electron chi connectivity index (χ4n) is 1.70. The topological polar surface area (TPSA) is 115 Å². The number of nitrogens with one attached hydrogen (secondary N) is 1. The lowest BCUT2D eigenvalue weighted by Crippen LogP contribution is -2.12. The fourth-order valence-corrected chi connectivity index (χ4v) is 3.19. The summed E-state index contributed by atoms with van der Waals surface area (Å²) in [6.45, 7) is 1.85. The molecule has 7 nitrogen and oxygen atoms in total. The maximum absolute atomic E-state index is 12.3. The average molecular weight is 383 g/mol. The van der Waals surface area contributed by atoms with Crippen molar-refractivity contribution in [1.82, 2.24) is 0 Å². The maximum atomic E-state index is 12.3. The van der Waals surface area contributed by atoms with E-state index < -0.39 is 10.0 Å². The van der Waals surface area contributed by atoms with Crippen molar-refractivity contribution in [2.24, 2.45) is 5.11 Å². The van der Waals surface area contributed by atoms with Crippen LogP contribution in [0.3, 0.4) is 0 Å². The van der Waals surface area contributed by atoms with E-state index in [2.05, 4.69) is 30.7 Å². The van der Waals surface area contributed by atoms with Crippen molar-refractivity contribution in [3.05, 3.63) is 56.9 Å². The molecular formula is C13H11BrN4O3S. The number of benzene rings is 2. The van der Waals surface area contributed by atoms with E-state index in [0.717, 1.165) is 5.56 Å². The van der Waals surface area contributed by atoms with Crippen molar-refractivity contribution >= 4 is 37.3 Å². The van der Waals surface area contributed by atoms with E-state index in [1.165, 1.54) is 24.3 Å². The van der Waals surface area contributed by atoms with Crippen molar-refractivity contribution in [3.63, 3.8) is 0 Å². The van der Waals surface area contributed by atoms with Crippen LogP contribution in [0.25, 0.3) is 10.4 Å². The van der Waals surface area contributed by atoms with Gasteiger partial charge >= 0.3 is 0 Å². The Bertz CT molecular complexity index is 860. The molecule has 22 heavy (non-hydrogen) atoms. The third-order valence-corrected chi connectivity index (χ3v) is 4.78. The third kappa shape index (κ3) is 3.51. The number of hydrogen-bond donors (Lipinski definition) is 2. The van der Waals surface area contributed by atoms with Crippen molar-refractivity contribution in [2.75, 3.05) is 4.72 Å². The van der Waals surface area contributed by atoms with Gasteiger partial charge < -0.3 is 5.11 Å². The van der Waals surface area contributed by atoms with Gasteiger partial charge in [0.1, 0.15) is 5.75 Å². The molecule has 0 unspecified atom stereocenters. The molecule has 2 aromatic carbocycles. The molecule has 114 valence electrons. The standard InChI is InChI=1S/C13H11BrN4O3S/c1-8-2-4-10(5-3-8)22(20,21)17-9-6-11(14)13(19)12(7-9)16-18-15/h2-7,17,19H,1H3. The Morgan fingerprint density at radius 1 is 1.27 bits per heavy atom. The van der Waals surface area contributed by atoms with Gasteiger partial charge in [-0.25, -0.2) is 8.42 Å². The van der Waals surface area contributed by atoms with Crippen LogP contribution in [0.5, 0.6) is 5.75 Å². The van der Waals surface area contributed by atoms with Gasteiger partial charge in [-0.05, 0) is 52.7 Å². The summed E-state index contributed by atoms with van der Waals surface area (Å²) in [5, 5.41) is 13.0. The Kier molecular flexibility index (Phi) is 4.60. The number of hydrogen-bond acceptors (Lipinski definition) is 4. The van der Waals surface area contributed by atoms with E-state index in [1.807, 2.05) is 6.92 Å². The van der Waals surface area contributed by atoms with Crippen LogP contribution in [0.15, 0.2) is 50.9 Å². The molecule has 9 heteroatoms. The summed E-state index contributed by atoms with van der Waals surface area (Å²) in [7, 11) is -3.78. The molecule has 0 aliphatic heterocycles. The number of rotatable bonds is 4. The average Bonchev–Trinajstić information content (AvgIpc) is 2.44. The minimum atomic E-state index is -3.78. The minimum Gasteiger partial charge on any atom is -0.506 e. The van der Waals surface area contributed by atoms with Gasteiger partial charge in [0.25, 0.3) is 10.0 Å². The molecule has 0 saturated heterocycles. The summed E-state index contributed by atoms with van der Waals surface area (Å²) in [6, 6.07) is 8.96. The quantitative estimate of drug-likeness (QED) is 0.357. The van der Waals surface area contributed by atoms with Gasteiger partial charge in [0.05, 0.1) is 20.7 Å². The van der Waals surface area contributed by atoms with Gasteiger partial charge in [0.2, 0.25) is 0 Å². The number of azide groups is 1. The zero-order valence-corrected chi connectivity index (χ0v) is 13.8. The van der Waals surface area contributed by atoms with Crippen LogP contribution in [0.4, 0.5) is 11.4 Å². The van der Waals surface area contributed by atoms with Gasteiger partial charge in [-0.1, -0.05) is 22.8 Å². The Morgan fingerprint density at radius 2 is 1.91 bits per heavy atom. The summed E-state index contributed by atoms with van der Waals surface area (Å²) in [5.74, 6) is -0.268. The molecule has 0 aliphatic carbocycles. The highest BCUT2D eigenvalue weighted by Crippen LogP contribution is 2.38. The Hall–Kier alpha value is -2.22. The first-order valence-electron chi connectivity index (χ1n) is 6.00. The number of halogens is 1. The highest BCUT2D eigenvalue weighted by molar-refractivity contribution is 9.10. The Morgan fingerprint density at radius 3 is 2.50 bits per heavy atom. The second kappa shape index (κ2) is 6.27. The van der Waals surface area contributed by atoms with Crippen LogP contribution < -0.4 is 4.72 Å². The SMILES string of the molecule is Cc1ccc(S(=O)(=O)Nc2cc(Br)c(O)c(N=[N+]=[N-])c2)cc1. The largest absolute Gasteiger partial charge is 0.506 e. The highest BCUT2D eigenvalue weighted by atomic mass is 79.9. The molecule has 0 heterocycles. The normalized spacial score (nSPS) is 10.8. The molecule has 2 aromatic rings. The van der Waals surface area contributed by atoms with Gasteiger partial charge in [-0.3, -0.25) is 4.72 Å². The number of anilines is 1. The van der Waals surface area contributed by atoms with Crippen LogP contribution in [0.1, 0.15) is 5.56 Å². The number of sulfonamides is 1. The number of phenols is 1. The van der Waals surface area contributed by atoms with E-state index in [4.69, 9.17) is 5.53 Å². The first-order valence-corrected chi connectivity index (χ1v) is 8.28. The molecule has 0 radical (unpaired) electrons. The van der Waals surface area contributed by atoms with Crippen LogP contribution >= 0.6 is 15.9 Å². The molecule has 0 saturated carbocycles. The summed E-state index contributed by atoms with van der Waals surface area (Å²) in [4.78, 5) is 2.68. The Labute approximate surface area is 135 Å². The zero-order valence-electron chi connectivity index (χ0n) is 11.4. The lowest BCUT2D eigenvalue weighted by Gasteiger charge is -2.10. The van der Waals surface area contributed by atoms with Crippen molar-refractivity contribution < 1.29 is 13.5 Å². The number of nitrogens with zero attached hydrogens (tertiary/aromatic N) is 3. The first kappa shape index (κ1) is 16.2. The second-order valence-corrected chi connectivity index (χ2v) is 6.97. The minimum absolute atomic E-state index is 0.0847. The molecule has 0 spiro atoms. The van der Waals surface area contributed by atoms with Crippen LogP contribution in [-0.2, 0) is 10.0 Å². The van der Waals surface area contributed by atoms with E-state index in [-0.39, 0.29) is 26.5 Å². The lowest BCUT2D eigenvalue weighted by molar-refractivity contribution is 0.473. The van der Waals surface area contributed by atoms with E-state index in [1.54, 1.807) is 12.1 Å². The van der Waals surface area contributed by atoms with Gasteiger partial charge in [0.15, 0.2) is 0 Å². The first-order chi connectivity index (χ1) is 10.3. The molecule has 2 N–H and O–H groups in total. The van der Waals surface area contributed by atoms with Gasteiger partial charge in [-0.15, -0.1) is 0 Å².